The Bertz CT molecular complexity index is 752. The molecule has 2 heterocycles. The normalized spacial score (nSPS) is 23.2. The number of hydrogen-bond acceptors (Lipinski definition) is 4. The summed E-state index contributed by atoms with van der Waals surface area (Å²) in [5.41, 5.74) is 1.37. The van der Waals surface area contributed by atoms with E-state index >= 15 is 0 Å². The van der Waals surface area contributed by atoms with Crippen molar-refractivity contribution in [2.45, 2.75) is 69.6 Å². The first-order chi connectivity index (χ1) is 13.3. The summed E-state index contributed by atoms with van der Waals surface area (Å²) >= 11 is 0. The van der Waals surface area contributed by atoms with E-state index in [1.54, 1.807) is 0 Å². The first kappa shape index (κ1) is 18.2. The van der Waals surface area contributed by atoms with Gasteiger partial charge in [-0.05, 0) is 30.7 Å². The zero-order valence-electron chi connectivity index (χ0n) is 16.1. The van der Waals surface area contributed by atoms with E-state index in [1.165, 1.54) is 24.8 Å². The molecule has 1 amide bonds. The maximum Gasteiger partial charge on any atom is 0.223 e. The Hall–Kier alpha value is -2.17. The van der Waals surface area contributed by atoms with Crippen molar-refractivity contribution in [2.24, 2.45) is 0 Å². The number of unbranched alkanes of at least 4 members (excludes halogenated alkanes) is 1. The number of carbonyl (C=O) groups excluding carboxylic acids is 1. The Balaban J connectivity index is 1.41. The van der Waals surface area contributed by atoms with E-state index < -0.39 is 0 Å². The van der Waals surface area contributed by atoms with Crippen molar-refractivity contribution in [3.8, 4) is 0 Å². The molecule has 0 bridgehead atoms. The molecule has 1 saturated heterocycles. The lowest BCUT2D eigenvalue weighted by Gasteiger charge is -2.37. The van der Waals surface area contributed by atoms with Crippen LogP contribution in [0.3, 0.4) is 0 Å². The Labute approximate surface area is 161 Å². The van der Waals surface area contributed by atoms with Gasteiger partial charge in [0.05, 0.1) is 5.92 Å². The molecule has 1 saturated carbocycles. The van der Waals surface area contributed by atoms with Crippen molar-refractivity contribution >= 4 is 5.91 Å². The fraction of sp³-hybridized carbons (Fsp3) is 0.591. The third-order valence-corrected chi connectivity index (χ3v) is 6.09. The topological polar surface area (TPSA) is 59.2 Å². The Morgan fingerprint density at radius 3 is 2.52 bits per heavy atom. The predicted molar refractivity (Wildman–Crippen MR) is 104 cm³/mol. The SMILES string of the molecule is CCCCC(=O)N1CC(c2nnc(C3CCCCC3c3ccccc3)o2)C1. The summed E-state index contributed by atoms with van der Waals surface area (Å²) in [5, 5.41) is 8.76. The van der Waals surface area contributed by atoms with E-state index in [-0.39, 0.29) is 11.8 Å². The van der Waals surface area contributed by atoms with Crippen molar-refractivity contribution in [1.29, 1.82) is 0 Å². The van der Waals surface area contributed by atoms with Gasteiger partial charge in [0, 0.05) is 25.4 Å². The molecule has 0 radical (unpaired) electrons. The van der Waals surface area contributed by atoms with Gasteiger partial charge in [0.15, 0.2) is 0 Å². The van der Waals surface area contributed by atoms with Crippen LogP contribution < -0.4 is 0 Å². The summed E-state index contributed by atoms with van der Waals surface area (Å²) in [7, 11) is 0. The van der Waals surface area contributed by atoms with Gasteiger partial charge in [-0.2, -0.15) is 0 Å². The van der Waals surface area contributed by atoms with E-state index in [0.717, 1.165) is 38.2 Å². The predicted octanol–water partition coefficient (Wildman–Crippen LogP) is 4.63. The number of aromatic nitrogens is 2. The number of hydrogen-bond donors (Lipinski definition) is 0. The van der Waals surface area contributed by atoms with Crippen LogP contribution >= 0.6 is 0 Å². The third-order valence-electron chi connectivity index (χ3n) is 6.09. The van der Waals surface area contributed by atoms with Crippen LogP contribution in [0, 0.1) is 0 Å². The lowest BCUT2D eigenvalue weighted by atomic mass is 9.75. The summed E-state index contributed by atoms with van der Waals surface area (Å²) in [4.78, 5) is 14.0. The van der Waals surface area contributed by atoms with Crippen LogP contribution in [0.4, 0.5) is 0 Å². The van der Waals surface area contributed by atoms with E-state index in [0.29, 0.717) is 24.1 Å². The monoisotopic (exact) mass is 367 g/mol. The van der Waals surface area contributed by atoms with Gasteiger partial charge >= 0.3 is 0 Å². The molecule has 27 heavy (non-hydrogen) atoms. The first-order valence-electron chi connectivity index (χ1n) is 10.4. The summed E-state index contributed by atoms with van der Waals surface area (Å²) in [6.07, 6.45) is 7.43. The molecule has 1 aromatic heterocycles. The lowest BCUT2D eigenvalue weighted by Crippen LogP contribution is -2.48. The van der Waals surface area contributed by atoms with Crippen molar-refractivity contribution < 1.29 is 9.21 Å². The zero-order chi connectivity index (χ0) is 18.6. The third kappa shape index (κ3) is 3.92. The molecular formula is C22H29N3O2. The molecule has 2 aromatic rings. The number of rotatable bonds is 6. The fourth-order valence-electron chi connectivity index (χ4n) is 4.41. The van der Waals surface area contributed by atoms with Gasteiger partial charge in [-0.1, -0.05) is 56.5 Å². The zero-order valence-corrected chi connectivity index (χ0v) is 16.1. The average Bonchev–Trinajstić information content (AvgIpc) is 3.15. The van der Waals surface area contributed by atoms with Gasteiger partial charge in [0.1, 0.15) is 0 Å². The molecule has 1 aliphatic heterocycles. The maximum atomic E-state index is 12.1. The highest BCUT2D eigenvalue weighted by molar-refractivity contribution is 5.77. The summed E-state index contributed by atoms with van der Waals surface area (Å²) in [6.45, 7) is 3.55. The fourth-order valence-corrected chi connectivity index (χ4v) is 4.41. The van der Waals surface area contributed by atoms with E-state index in [1.807, 2.05) is 4.90 Å². The number of amides is 1. The molecule has 5 heteroatoms. The molecular weight excluding hydrogens is 338 g/mol. The van der Waals surface area contributed by atoms with E-state index in [4.69, 9.17) is 4.42 Å². The summed E-state index contributed by atoms with van der Waals surface area (Å²) in [5.74, 6) is 2.72. The molecule has 1 aliphatic carbocycles. The van der Waals surface area contributed by atoms with E-state index in [2.05, 4.69) is 47.5 Å². The Kier molecular flexibility index (Phi) is 5.55. The largest absolute Gasteiger partial charge is 0.425 e. The van der Waals surface area contributed by atoms with Crippen molar-refractivity contribution in [3.05, 3.63) is 47.7 Å². The average molecular weight is 367 g/mol. The molecule has 2 unspecified atom stereocenters. The number of carbonyl (C=O) groups is 1. The summed E-state index contributed by atoms with van der Waals surface area (Å²) < 4.78 is 6.13. The van der Waals surface area contributed by atoms with Crippen LogP contribution in [-0.2, 0) is 4.79 Å². The molecule has 5 nitrogen and oxygen atoms in total. The van der Waals surface area contributed by atoms with Crippen molar-refractivity contribution in [3.63, 3.8) is 0 Å². The lowest BCUT2D eigenvalue weighted by molar-refractivity contribution is -0.136. The minimum Gasteiger partial charge on any atom is -0.425 e. The smallest absolute Gasteiger partial charge is 0.223 e. The second kappa shape index (κ2) is 8.24. The van der Waals surface area contributed by atoms with Crippen LogP contribution in [0.15, 0.2) is 34.7 Å². The van der Waals surface area contributed by atoms with Gasteiger partial charge < -0.3 is 9.32 Å². The Morgan fingerprint density at radius 1 is 1.07 bits per heavy atom. The molecule has 0 spiro atoms. The highest BCUT2D eigenvalue weighted by Crippen LogP contribution is 2.44. The number of benzene rings is 1. The minimum atomic E-state index is 0.204. The molecule has 2 atom stereocenters. The number of nitrogens with zero attached hydrogens (tertiary/aromatic N) is 3. The van der Waals surface area contributed by atoms with Gasteiger partial charge in [-0.25, -0.2) is 0 Å². The minimum absolute atomic E-state index is 0.204. The molecule has 0 N–H and O–H groups in total. The standard InChI is InChI=1S/C22H29N3O2/c1-2-3-13-20(26)25-14-17(15-25)21-23-24-22(27-21)19-12-8-7-11-18(19)16-9-5-4-6-10-16/h4-6,9-10,17-19H,2-3,7-8,11-15H2,1H3. The molecule has 2 aliphatic rings. The highest BCUT2D eigenvalue weighted by Gasteiger charge is 2.37. The molecule has 144 valence electrons. The van der Waals surface area contributed by atoms with Gasteiger partial charge in [0.25, 0.3) is 0 Å². The van der Waals surface area contributed by atoms with Crippen LogP contribution in [0.1, 0.15) is 87.0 Å². The van der Waals surface area contributed by atoms with Crippen LogP contribution in [0.25, 0.3) is 0 Å². The molecule has 1 aromatic carbocycles. The van der Waals surface area contributed by atoms with Gasteiger partial charge in [0.2, 0.25) is 17.7 Å². The molecule has 4 rings (SSSR count). The second-order valence-corrected chi connectivity index (χ2v) is 7.99. The van der Waals surface area contributed by atoms with Crippen LogP contribution in [-0.4, -0.2) is 34.1 Å². The van der Waals surface area contributed by atoms with Crippen LogP contribution in [0.5, 0.6) is 0 Å². The molecule has 2 fully saturated rings. The summed E-state index contributed by atoms with van der Waals surface area (Å²) in [6, 6.07) is 10.7. The quantitative estimate of drug-likeness (QED) is 0.747. The van der Waals surface area contributed by atoms with Gasteiger partial charge in [-0.15, -0.1) is 10.2 Å². The van der Waals surface area contributed by atoms with Crippen molar-refractivity contribution in [2.75, 3.05) is 13.1 Å². The van der Waals surface area contributed by atoms with E-state index in [9.17, 15) is 4.79 Å². The Morgan fingerprint density at radius 2 is 1.78 bits per heavy atom. The highest BCUT2D eigenvalue weighted by atomic mass is 16.4. The number of likely N-dealkylation sites (tertiary alicyclic amines) is 1. The van der Waals surface area contributed by atoms with Crippen molar-refractivity contribution in [1.82, 2.24) is 15.1 Å². The maximum absolute atomic E-state index is 12.1. The van der Waals surface area contributed by atoms with Gasteiger partial charge in [-0.3, -0.25) is 4.79 Å². The first-order valence-corrected chi connectivity index (χ1v) is 10.4. The second-order valence-electron chi connectivity index (χ2n) is 7.99. The van der Waals surface area contributed by atoms with Crippen LogP contribution in [0.2, 0.25) is 0 Å².